The van der Waals surface area contributed by atoms with E-state index >= 15 is 0 Å². The van der Waals surface area contributed by atoms with Gasteiger partial charge in [0.1, 0.15) is 12.4 Å². The van der Waals surface area contributed by atoms with Gasteiger partial charge in [0.05, 0.1) is 6.04 Å². The van der Waals surface area contributed by atoms with E-state index in [2.05, 4.69) is 0 Å². The third-order valence-corrected chi connectivity index (χ3v) is 4.81. The summed E-state index contributed by atoms with van der Waals surface area (Å²) in [6.07, 6.45) is 2.42. The number of hydrogen-bond donors (Lipinski definition) is 0. The van der Waals surface area contributed by atoms with Crippen molar-refractivity contribution in [2.24, 2.45) is 0 Å². The number of carbonyl (C=O) groups excluding carboxylic acids is 3. The van der Waals surface area contributed by atoms with Crippen LogP contribution in [0.2, 0.25) is 0 Å². The van der Waals surface area contributed by atoms with E-state index in [1.165, 1.54) is 21.9 Å². The van der Waals surface area contributed by atoms with Crippen LogP contribution in [0.25, 0.3) is 0 Å². The highest BCUT2D eigenvalue weighted by Crippen LogP contribution is 2.32. The van der Waals surface area contributed by atoms with Crippen molar-refractivity contribution in [2.45, 2.75) is 31.7 Å². The smallest absolute Gasteiger partial charge is 0.326 e. The maximum absolute atomic E-state index is 13.5. The molecule has 4 amide bonds. The molecule has 2 saturated heterocycles. The lowest BCUT2D eigenvalue weighted by Crippen LogP contribution is -2.34. The van der Waals surface area contributed by atoms with Gasteiger partial charge in [-0.2, -0.15) is 0 Å². The topological polar surface area (TPSA) is 60.9 Å². The molecule has 0 bridgehead atoms. The molecule has 6 nitrogen and oxygen atoms in total. The highest BCUT2D eigenvalue weighted by Gasteiger charge is 2.34. The van der Waals surface area contributed by atoms with Crippen molar-refractivity contribution in [2.75, 3.05) is 26.7 Å². The summed E-state index contributed by atoms with van der Waals surface area (Å²) in [4.78, 5) is 40.4. The Kier molecular flexibility index (Phi) is 5.01. The summed E-state index contributed by atoms with van der Waals surface area (Å²) in [6, 6.07) is 5.98. The lowest BCUT2D eigenvalue weighted by molar-refractivity contribution is -0.133. The maximum atomic E-state index is 13.5. The zero-order valence-corrected chi connectivity index (χ0v) is 14.3. The summed E-state index contributed by atoms with van der Waals surface area (Å²) >= 11 is 0. The Morgan fingerprint density at radius 1 is 1.32 bits per heavy atom. The molecule has 2 aliphatic heterocycles. The SMILES string of the molecule is CN1CC(=O)N(CCCC(=O)N2CCC[C@@H]2c2cccc(F)c2)C1=O. The molecule has 25 heavy (non-hydrogen) atoms. The van der Waals surface area contributed by atoms with Gasteiger partial charge in [-0.25, -0.2) is 9.18 Å². The van der Waals surface area contributed by atoms with Gasteiger partial charge >= 0.3 is 6.03 Å². The normalized spacial score (nSPS) is 20.7. The summed E-state index contributed by atoms with van der Waals surface area (Å²) in [7, 11) is 1.58. The molecule has 2 fully saturated rings. The molecule has 1 atom stereocenters. The minimum absolute atomic E-state index is 0.0146. The number of benzene rings is 1. The van der Waals surface area contributed by atoms with E-state index in [0.717, 1.165) is 18.4 Å². The molecule has 2 heterocycles. The number of carbonyl (C=O) groups is 3. The van der Waals surface area contributed by atoms with Gasteiger partial charge in [0.15, 0.2) is 0 Å². The second-order valence-corrected chi connectivity index (χ2v) is 6.59. The summed E-state index contributed by atoms with van der Waals surface area (Å²) in [5, 5.41) is 0. The molecule has 0 spiro atoms. The quantitative estimate of drug-likeness (QED) is 0.767. The Hall–Kier alpha value is -2.44. The van der Waals surface area contributed by atoms with Crippen LogP contribution in [-0.2, 0) is 9.59 Å². The van der Waals surface area contributed by atoms with Crippen molar-refractivity contribution in [3.8, 4) is 0 Å². The number of halogens is 1. The second kappa shape index (κ2) is 7.21. The molecule has 2 aliphatic rings. The fraction of sp³-hybridized carbons (Fsp3) is 0.500. The fourth-order valence-electron chi connectivity index (χ4n) is 3.55. The Morgan fingerprint density at radius 3 is 2.80 bits per heavy atom. The van der Waals surface area contributed by atoms with Crippen molar-refractivity contribution >= 4 is 17.8 Å². The third-order valence-electron chi connectivity index (χ3n) is 4.81. The molecule has 0 radical (unpaired) electrons. The predicted molar refractivity (Wildman–Crippen MR) is 89.1 cm³/mol. The standard InChI is InChI=1S/C18H22FN3O3/c1-20-12-17(24)22(18(20)25)10-4-8-16(23)21-9-3-7-15(21)13-5-2-6-14(19)11-13/h2,5-6,11,15H,3-4,7-10,12H2,1H3/t15-/m1/s1. The molecule has 3 rings (SSSR count). The zero-order valence-electron chi connectivity index (χ0n) is 14.3. The first kappa shape index (κ1) is 17.4. The van der Waals surface area contributed by atoms with Gasteiger partial charge in [-0.3, -0.25) is 14.5 Å². The van der Waals surface area contributed by atoms with Gasteiger partial charge in [-0.1, -0.05) is 12.1 Å². The van der Waals surface area contributed by atoms with Gasteiger partial charge < -0.3 is 9.80 Å². The van der Waals surface area contributed by atoms with Gasteiger partial charge in [0.25, 0.3) is 0 Å². The number of rotatable bonds is 5. The molecule has 0 aromatic heterocycles. The molecular weight excluding hydrogens is 325 g/mol. The first-order valence-electron chi connectivity index (χ1n) is 8.58. The molecule has 0 aliphatic carbocycles. The number of likely N-dealkylation sites (N-methyl/N-ethyl adjacent to an activating group) is 1. The Balaban J connectivity index is 1.56. The minimum atomic E-state index is -0.309. The van der Waals surface area contributed by atoms with E-state index in [0.29, 0.717) is 13.0 Å². The molecular formula is C18H22FN3O3. The number of likely N-dealkylation sites (tertiary alicyclic amines) is 1. The molecule has 7 heteroatoms. The second-order valence-electron chi connectivity index (χ2n) is 6.59. The molecule has 1 aromatic rings. The van der Waals surface area contributed by atoms with Crippen LogP contribution >= 0.6 is 0 Å². The van der Waals surface area contributed by atoms with Crippen LogP contribution in [0.3, 0.4) is 0 Å². The number of hydrogen-bond acceptors (Lipinski definition) is 3. The minimum Gasteiger partial charge on any atom is -0.336 e. The predicted octanol–water partition coefficient (Wildman–Crippen LogP) is 2.16. The van der Waals surface area contributed by atoms with Gasteiger partial charge in [-0.05, 0) is 37.0 Å². The summed E-state index contributed by atoms with van der Waals surface area (Å²) in [6.45, 7) is 1.01. The molecule has 134 valence electrons. The first-order chi connectivity index (χ1) is 12.0. The zero-order chi connectivity index (χ0) is 18.0. The molecule has 1 aromatic carbocycles. The van der Waals surface area contributed by atoms with Gasteiger partial charge in [0.2, 0.25) is 11.8 Å². The average Bonchev–Trinajstić information content (AvgIpc) is 3.15. The van der Waals surface area contributed by atoms with Crippen molar-refractivity contribution in [1.29, 1.82) is 0 Å². The van der Waals surface area contributed by atoms with Crippen LogP contribution in [0.1, 0.15) is 37.3 Å². The van der Waals surface area contributed by atoms with Crippen molar-refractivity contribution in [3.05, 3.63) is 35.6 Å². The Morgan fingerprint density at radius 2 is 2.12 bits per heavy atom. The monoisotopic (exact) mass is 347 g/mol. The highest BCUT2D eigenvalue weighted by atomic mass is 19.1. The fourth-order valence-corrected chi connectivity index (χ4v) is 3.55. The van der Waals surface area contributed by atoms with E-state index in [1.807, 2.05) is 6.07 Å². The number of urea groups is 1. The van der Waals surface area contributed by atoms with Crippen molar-refractivity contribution in [3.63, 3.8) is 0 Å². The van der Waals surface area contributed by atoms with E-state index in [4.69, 9.17) is 0 Å². The number of amides is 4. The van der Waals surface area contributed by atoms with Crippen LogP contribution in [0.4, 0.5) is 9.18 Å². The number of nitrogens with zero attached hydrogens (tertiary/aromatic N) is 3. The average molecular weight is 347 g/mol. The van der Waals surface area contributed by atoms with Gasteiger partial charge in [0, 0.05) is 26.6 Å². The largest absolute Gasteiger partial charge is 0.336 e. The van der Waals surface area contributed by atoms with E-state index in [9.17, 15) is 18.8 Å². The van der Waals surface area contributed by atoms with Crippen LogP contribution in [0.5, 0.6) is 0 Å². The molecule has 0 N–H and O–H groups in total. The highest BCUT2D eigenvalue weighted by molar-refractivity contribution is 6.01. The van der Waals surface area contributed by atoms with Crippen LogP contribution < -0.4 is 0 Å². The summed E-state index contributed by atoms with van der Waals surface area (Å²) < 4.78 is 13.5. The van der Waals surface area contributed by atoms with E-state index in [1.54, 1.807) is 18.0 Å². The first-order valence-corrected chi connectivity index (χ1v) is 8.58. The lowest BCUT2D eigenvalue weighted by Gasteiger charge is -2.25. The third kappa shape index (κ3) is 3.65. The van der Waals surface area contributed by atoms with E-state index in [-0.39, 0.29) is 49.2 Å². The maximum Gasteiger partial charge on any atom is 0.326 e. The van der Waals surface area contributed by atoms with Crippen LogP contribution in [0.15, 0.2) is 24.3 Å². The number of imide groups is 1. The summed E-state index contributed by atoms with van der Waals surface area (Å²) in [5.41, 5.74) is 0.817. The Labute approximate surface area is 146 Å². The Bertz CT molecular complexity index is 694. The molecule has 0 unspecified atom stereocenters. The summed E-state index contributed by atoms with van der Waals surface area (Å²) in [5.74, 6) is -0.537. The van der Waals surface area contributed by atoms with E-state index < -0.39 is 0 Å². The van der Waals surface area contributed by atoms with Gasteiger partial charge in [-0.15, -0.1) is 0 Å². The van der Waals surface area contributed by atoms with Crippen LogP contribution in [0, 0.1) is 5.82 Å². The van der Waals surface area contributed by atoms with Crippen molar-refractivity contribution < 1.29 is 18.8 Å². The molecule has 0 saturated carbocycles. The lowest BCUT2D eigenvalue weighted by atomic mass is 10.0. The van der Waals surface area contributed by atoms with Crippen molar-refractivity contribution in [1.82, 2.24) is 14.7 Å². The van der Waals surface area contributed by atoms with Crippen LogP contribution in [-0.4, -0.2) is 59.2 Å².